The summed E-state index contributed by atoms with van der Waals surface area (Å²) < 4.78 is 5.69. The van der Waals surface area contributed by atoms with Gasteiger partial charge in [0, 0.05) is 25.7 Å². The smallest absolute Gasteiger partial charge is 0.410 e. The van der Waals surface area contributed by atoms with Gasteiger partial charge in [0.05, 0.1) is 12.6 Å². The second kappa shape index (κ2) is 8.92. The van der Waals surface area contributed by atoms with E-state index in [-0.39, 0.29) is 24.1 Å². The Morgan fingerprint density at radius 3 is 2.44 bits per heavy atom. The van der Waals surface area contributed by atoms with E-state index in [9.17, 15) is 9.59 Å². The number of rotatable bonds is 6. The molecule has 0 aromatic heterocycles. The van der Waals surface area contributed by atoms with Crippen LogP contribution in [0.2, 0.25) is 0 Å². The summed E-state index contributed by atoms with van der Waals surface area (Å²) in [6.45, 7) is 6.31. The minimum atomic E-state index is -0.247. The number of nitrogens with one attached hydrogen (secondary N) is 1. The minimum Gasteiger partial charge on any atom is -0.446 e. The van der Waals surface area contributed by atoms with Crippen molar-refractivity contribution in [1.82, 2.24) is 15.1 Å². The largest absolute Gasteiger partial charge is 0.446 e. The van der Waals surface area contributed by atoms with Crippen molar-refractivity contribution in [2.24, 2.45) is 11.8 Å². The maximum absolute atomic E-state index is 12.4. The third-order valence-corrected chi connectivity index (χ3v) is 6.53. The average Bonchev–Trinajstić information content (AvgIpc) is 3.34. The van der Waals surface area contributed by atoms with E-state index in [1.807, 2.05) is 13.8 Å². The SMILES string of the molecule is CCN(CC)C(=O)O[C@H]1C[C@H]2CC(NCC(=O)N3CCC[C@H]3C#N)C[C@H]2C1. The van der Waals surface area contributed by atoms with E-state index in [0.29, 0.717) is 44.1 Å². The van der Waals surface area contributed by atoms with Crippen LogP contribution in [0.25, 0.3) is 0 Å². The van der Waals surface area contributed by atoms with Crippen LogP contribution in [0.1, 0.15) is 52.4 Å². The second-order valence-corrected chi connectivity index (χ2v) is 8.09. The monoisotopic (exact) mass is 376 g/mol. The average molecular weight is 377 g/mol. The molecule has 1 unspecified atom stereocenters. The number of nitrogens with zero attached hydrogens (tertiary/aromatic N) is 3. The van der Waals surface area contributed by atoms with Crippen LogP contribution in [0.5, 0.6) is 0 Å². The summed E-state index contributed by atoms with van der Waals surface area (Å²) in [5.41, 5.74) is 0. The van der Waals surface area contributed by atoms with Crippen LogP contribution in [-0.2, 0) is 9.53 Å². The molecular formula is C20H32N4O3. The fourth-order valence-corrected chi connectivity index (χ4v) is 5.06. The van der Waals surface area contributed by atoms with Crippen molar-refractivity contribution in [3.8, 4) is 6.07 Å². The highest BCUT2D eigenvalue weighted by molar-refractivity contribution is 5.79. The van der Waals surface area contributed by atoms with Gasteiger partial charge in [0.2, 0.25) is 5.91 Å². The Labute approximate surface area is 162 Å². The molecule has 2 saturated carbocycles. The Kier molecular flexibility index (Phi) is 6.59. The zero-order chi connectivity index (χ0) is 19.4. The number of carbonyl (C=O) groups is 2. The van der Waals surface area contributed by atoms with Crippen LogP contribution in [0.4, 0.5) is 4.79 Å². The van der Waals surface area contributed by atoms with E-state index in [1.54, 1.807) is 9.80 Å². The van der Waals surface area contributed by atoms with E-state index in [1.165, 1.54) is 0 Å². The van der Waals surface area contributed by atoms with Crippen molar-refractivity contribution >= 4 is 12.0 Å². The summed E-state index contributed by atoms with van der Waals surface area (Å²) >= 11 is 0. The number of nitriles is 1. The summed E-state index contributed by atoms with van der Waals surface area (Å²) in [7, 11) is 0. The first-order chi connectivity index (χ1) is 13.0. The molecule has 1 heterocycles. The van der Waals surface area contributed by atoms with Gasteiger partial charge in [0.15, 0.2) is 0 Å². The normalized spacial score (nSPS) is 32.2. The lowest BCUT2D eigenvalue weighted by Gasteiger charge is -2.23. The van der Waals surface area contributed by atoms with Gasteiger partial charge in [0.1, 0.15) is 12.1 Å². The summed E-state index contributed by atoms with van der Waals surface area (Å²) in [5.74, 6) is 1.19. The lowest BCUT2D eigenvalue weighted by molar-refractivity contribution is -0.130. The van der Waals surface area contributed by atoms with Gasteiger partial charge in [-0.05, 0) is 64.2 Å². The molecule has 3 fully saturated rings. The highest BCUT2D eigenvalue weighted by Gasteiger charge is 2.43. The molecule has 0 radical (unpaired) electrons. The highest BCUT2D eigenvalue weighted by atomic mass is 16.6. The van der Waals surface area contributed by atoms with E-state index >= 15 is 0 Å². The van der Waals surface area contributed by atoms with Gasteiger partial charge in [0.25, 0.3) is 0 Å². The molecule has 3 rings (SSSR count). The van der Waals surface area contributed by atoms with Crippen LogP contribution < -0.4 is 5.32 Å². The Hall–Kier alpha value is -1.81. The first-order valence-electron chi connectivity index (χ1n) is 10.4. The first kappa shape index (κ1) is 19.9. The van der Waals surface area contributed by atoms with Gasteiger partial charge in [-0.2, -0.15) is 5.26 Å². The second-order valence-electron chi connectivity index (χ2n) is 8.09. The number of likely N-dealkylation sites (tertiary alicyclic amines) is 1. The third kappa shape index (κ3) is 4.55. The molecular weight excluding hydrogens is 344 g/mol. The maximum atomic E-state index is 12.4. The third-order valence-electron chi connectivity index (χ3n) is 6.53. The van der Waals surface area contributed by atoms with Crippen molar-refractivity contribution in [2.45, 2.75) is 70.6 Å². The number of ether oxygens (including phenoxy) is 1. The Bertz CT molecular complexity index is 572. The molecule has 0 spiro atoms. The molecule has 7 nitrogen and oxygen atoms in total. The predicted octanol–water partition coefficient (Wildman–Crippen LogP) is 2.13. The molecule has 0 aromatic carbocycles. The Morgan fingerprint density at radius 2 is 1.85 bits per heavy atom. The molecule has 1 aliphatic heterocycles. The molecule has 150 valence electrons. The van der Waals surface area contributed by atoms with Crippen molar-refractivity contribution in [3.05, 3.63) is 0 Å². The lowest BCUT2D eigenvalue weighted by Crippen LogP contribution is -2.43. The van der Waals surface area contributed by atoms with Crippen LogP contribution in [0, 0.1) is 23.2 Å². The standard InChI is InChI=1S/C20H32N4O3/c1-3-23(4-2)20(26)27-18-10-14-8-16(9-15(14)11-18)22-13-19(25)24-7-5-6-17(24)12-21/h14-18,22H,3-11,13H2,1-2H3/t14-,15+,16?,17-,18+/m0/s1. The molecule has 3 aliphatic rings. The van der Waals surface area contributed by atoms with Crippen molar-refractivity contribution in [2.75, 3.05) is 26.2 Å². The van der Waals surface area contributed by atoms with Crippen molar-refractivity contribution < 1.29 is 14.3 Å². The maximum Gasteiger partial charge on any atom is 0.410 e. The van der Waals surface area contributed by atoms with Crippen molar-refractivity contribution in [1.29, 1.82) is 5.26 Å². The Balaban J connectivity index is 1.39. The summed E-state index contributed by atoms with van der Waals surface area (Å²) in [6.07, 6.45) is 5.52. The molecule has 1 saturated heterocycles. The van der Waals surface area contributed by atoms with Gasteiger partial charge in [-0.15, -0.1) is 0 Å². The van der Waals surface area contributed by atoms with Gasteiger partial charge in [-0.1, -0.05) is 0 Å². The van der Waals surface area contributed by atoms with E-state index in [0.717, 1.165) is 38.5 Å². The molecule has 1 N–H and O–H groups in total. The summed E-state index contributed by atoms with van der Waals surface area (Å²) in [6, 6.07) is 2.33. The zero-order valence-electron chi connectivity index (χ0n) is 16.5. The summed E-state index contributed by atoms with van der Waals surface area (Å²) in [4.78, 5) is 27.9. The van der Waals surface area contributed by atoms with Crippen LogP contribution >= 0.6 is 0 Å². The molecule has 27 heavy (non-hydrogen) atoms. The molecule has 2 aliphatic carbocycles. The quantitative estimate of drug-likeness (QED) is 0.767. The number of hydrogen-bond acceptors (Lipinski definition) is 5. The van der Waals surface area contributed by atoms with E-state index in [4.69, 9.17) is 10.00 Å². The molecule has 2 amide bonds. The van der Waals surface area contributed by atoms with Crippen molar-refractivity contribution in [3.63, 3.8) is 0 Å². The van der Waals surface area contributed by atoms with Crippen LogP contribution in [0.3, 0.4) is 0 Å². The lowest BCUT2D eigenvalue weighted by atomic mass is 10.0. The Morgan fingerprint density at radius 1 is 1.19 bits per heavy atom. The molecule has 5 atom stereocenters. The van der Waals surface area contributed by atoms with E-state index in [2.05, 4.69) is 11.4 Å². The topological polar surface area (TPSA) is 85.7 Å². The zero-order valence-corrected chi connectivity index (χ0v) is 16.5. The van der Waals surface area contributed by atoms with Crippen LogP contribution in [-0.4, -0.2) is 66.2 Å². The summed E-state index contributed by atoms with van der Waals surface area (Å²) in [5, 5.41) is 12.5. The number of fused-ring (bicyclic) bond motifs is 1. The van der Waals surface area contributed by atoms with E-state index < -0.39 is 0 Å². The molecule has 7 heteroatoms. The highest BCUT2D eigenvalue weighted by Crippen LogP contribution is 2.45. The van der Waals surface area contributed by atoms with Crippen LogP contribution in [0.15, 0.2) is 0 Å². The molecule has 0 aromatic rings. The van der Waals surface area contributed by atoms with Gasteiger partial charge >= 0.3 is 6.09 Å². The number of hydrogen-bond donors (Lipinski definition) is 1. The van der Waals surface area contributed by atoms with Gasteiger partial charge in [-0.25, -0.2) is 4.79 Å². The first-order valence-corrected chi connectivity index (χ1v) is 10.4. The predicted molar refractivity (Wildman–Crippen MR) is 101 cm³/mol. The minimum absolute atomic E-state index is 0.0386. The van der Waals surface area contributed by atoms with Gasteiger partial charge in [-0.3, -0.25) is 4.79 Å². The molecule has 0 bridgehead atoms. The number of amides is 2. The fraction of sp³-hybridized carbons (Fsp3) is 0.850. The number of carbonyl (C=O) groups excluding carboxylic acids is 2. The fourth-order valence-electron chi connectivity index (χ4n) is 5.06. The van der Waals surface area contributed by atoms with Gasteiger partial charge < -0.3 is 19.9 Å².